The van der Waals surface area contributed by atoms with Gasteiger partial charge in [-0.3, -0.25) is 4.79 Å². The second-order valence-electron chi connectivity index (χ2n) is 3.22. The molecule has 1 aromatic heterocycles. The predicted octanol–water partition coefficient (Wildman–Crippen LogP) is 2.36. The lowest BCUT2D eigenvalue weighted by molar-refractivity contribution is 0.109. The van der Waals surface area contributed by atoms with E-state index in [0.717, 1.165) is 36.6 Å². The minimum Gasteiger partial charge on any atom is -0.447 e. The van der Waals surface area contributed by atoms with Gasteiger partial charge in [0.2, 0.25) is 0 Å². The molecule has 1 aliphatic heterocycles. The fourth-order valence-corrected chi connectivity index (χ4v) is 2.36. The molecule has 1 saturated heterocycles. The standard InChI is InChI=1S/C10H12O3S/c11-6-8-3-4-10(13-8)14-7-9-2-1-5-12-9/h3-4,6,9H,1-2,5,7H2. The van der Waals surface area contributed by atoms with Gasteiger partial charge >= 0.3 is 0 Å². The molecule has 76 valence electrons. The van der Waals surface area contributed by atoms with Crippen LogP contribution in [0.2, 0.25) is 0 Å². The number of furan rings is 1. The van der Waals surface area contributed by atoms with E-state index in [4.69, 9.17) is 9.15 Å². The van der Waals surface area contributed by atoms with E-state index in [1.54, 1.807) is 17.8 Å². The highest BCUT2D eigenvalue weighted by Crippen LogP contribution is 2.24. The van der Waals surface area contributed by atoms with Crippen LogP contribution in [0, 0.1) is 0 Å². The average Bonchev–Trinajstić information content (AvgIpc) is 2.86. The van der Waals surface area contributed by atoms with Crippen molar-refractivity contribution in [1.82, 2.24) is 0 Å². The van der Waals surface area contributed by atoms with Gasteiger partial charge in [0.05, 0.1) is 6.10 Å². The molecular formula is C10H12O3S. The van der Waals surface area contributed by atoms with E-state index >= 15 is 0 Å². The first-order chi connectivity index (χ1) is 6.88. The Labute approximate surface area is 86.8 Å². The average molecular weight is 212 g/mol. The Morgan fingerprint density at radius 3 is 3.14 bits per heavy atom. The number of hydrogen-bond donors (Lipinski definition) is 0. The van der Waals surface area contributed by atoms with E-state index in [2.05, 4.69) is 0 Å². The van der Waals surface area contributed by atoms with Crippen LogP contribution in [0.5, 0.6) is 0 Å². The normalized spacial score (nSPS) is 21.3. The van der Waals surface area contributed by atoms with Gasteiger partial charge in [-0.1, -0.05) is 11.8 Å². The second-order valence-corrected chi connectivity index (χ2v) is 4.25. The van der Waals surface area contributed by atoms with Crippen molar-refractivity contribution >= 4 is 18.0 Å². The van der Waals surface area contributed by atoms with Crippen molar-refractivity contribution in [2.24, 2.45) is 0 Å². The Hall–Kier alpha value is -0.740. The lowest BCUT2D eigenvalue weighted by Gasteiger charge is -2.06. The molecule has 0 aliphatic carbocycles. The molecule has 0 N–H and O–H groups in total. The van der Waals surface area contributed by atoms with Gasteiger partial charge in [-0.05, 0) is 25.0 Å². The fraction of sp³-hybridized carbons (Fsp3) is 0.500. The molecule has 1 atom stereocenters. The summed E-state index contributed by atoms with van der Waals surface area (Å²) in [6.07, 6.45) is 3.36. The molecule has 1 aromatic rings. The largest absolute Gasteiger partial charge is 0.447 e. The molecule has 4 heteroatoms. The molecule has 0 saturated carbocycles. The van der Waals surface area contributed by atoms with Crippen LogP contribution in [0.4, 0.5) is 0 Å². The zero-order valence-electron chi connectivity index (χ0n) is 7.77. The quantitative estimate of drug-likeness (QED) is 0.567. The molecular weight excluding hydrogens is 200 g/mol. The van der Waals surface area contributed by atoms with Gasteiger partial charge in [-0.15, -0.1) is 0 Å². The number of thioether (sulfide) groups is 1. The number of carbonyl (C=O) groups excluding carboxylic acids is 1. The molecule has 0 amide bonds. The lowest BCUT2D eigenvalue weighted by Crippen LogP contribution is -2.07. The zero-order chi connectivity index (χ0) is 9.80. The van der Waals surface area contributed by atoms with Crippen molar-refractivity contribution in [3.8, 4) is 0 Å². The molecule has 1 fully saturated rings. The Morgan fingerprint density at radius 1 is 1.57 bits per heavy atom. The first kappa shape index (κ1) is 9.80. The maximum absolute atomic E-state index is 10.4. The van der Waals surface area contributed by atoms with Crippen LogP contribution in [0.15, 0.2) is 21.6 Å². The molecule has 0 radical (unpaired) electrons. The highest BCUT2D eigenvalue weighted by Gasteiger charge is 2.16. The third-order valence-corrected chi connectivity index (χ3v) is 3.20. The number of carbonyl (C=O) groups is 1. The summed E-state index contributed by atoms with van der Waals surface area (Å²) < 4.78 is 10.7. The van der Waals surface area contributed by atoms with Crippen molar-refractivity contribution < 1.29 is 13.9 Å². The monoisotopic (exact) mass is 212 g/mol. The van der Waals surface area contributed by atoms with Crippen LogP contribution in [-0.2, 0) is 4.74 Å². The van der Waals surface area contributed by atoms with Crippen LogP contribution < -0.4 is 0 Å². The fourth-order valence-electron chi connectivity index (χ4n) is 1.43. The first-order valence-electron chi connectivity index (χ1n) is 4.68. The minimum absolute atomic E-state index is 0.352. The van der Waals surface area contributed by atoms with Gasteiger partial charge in [0, 0.05) is 12.4 Å². The maximum Gasteiger partial charge on any atom is 0.185 e. The maximum atomic E-state index is 10.4. The summed E-state index contributed by atoms with van der Waals surface area (Å²) >= 11 is 1.60. The van der Waals surface area contributed by atoms with Crippen LogP contribution >= 0.6 is 11.8 Å². The third kappa shape index (κ3) is 2.39. The molecule has 1 unspecified atom stereocenters. The molecule has 2 heterocycles. The summed E-state index contributed by atoms with van der Waals surface area (Å²) in [5.74, 6) is 1.30. The van der Waals surface area contributed by atoms with E-state index in [9.17, 15) is 4.79 Å². The van der Waals surface area contributed by atoms with Gasteiger partial charge in [0.15, 0.2) is 17.1 Å². The topological polar surface area (TPSA) is 39.4 Å². The number of aldehydes is 1. The van der Waals surface area contributed by atoms with Gasteiger partial charge in [0.1, 0.15) is 0 Å². The van der Waals surface area contributed by atoms with Crippen LogP contribution in [-0.4, -0.2) is 24.7 Å². The minimum atomic E-state index is 0.352. The van der Waals surface area contributed by atoms with Gasteiger partial charge in [-0.2, -0.15) is 0 Å². The summed E-state index contributed by atoms with van der Waals surface area (Å²) in [6.45, 7) is 0.878. The van der Waals surface area contributed by atoms with Crippen molar-refractivity contribution in [1.29, 1.82) is 0 Å². The molecule has 0 bridgehead atoms. The van der Waals surface area contributed by atoms with E-state index in [1.807, 2.05) is 6.07 Å². The van der Waals surface area contributed by atoms with E-state index < -0.39 is 0 Å². The summed E-state index contributed by atoms with van der Waals surface area (Å²) in [7, 11) is 0. The smallest absolute Gasteiger partial charge is 0.185 e. The van der Waals surface area contributed by atoms with Crippen LogP contribution in [0.3, 0.4) is 0 Å². The Kier molecular flexibility index (Phi) is 3.26. The Morgan fingerprint density at radius 2 is 2.50 bits per heavy atom. The number of rotatable bonds is 4. The van der Waals surface area contributed by atoms with Gasteiger partial charge in [0.25, 0.3) is 0 Å². The van der Waals surface area contributed by atoms with Crippen molar-refractivity contribution in [3.63, 3.8) is 0 Å². The second kappa shape index (κ2) is 4.66. The molecule has 3 nitrogen and oxygen atoms in total. The van der Waals surface area contributed by atoms with Crippen molar-refractivity contribution in [3.05, 3.63) is 17.9 Å². The van der Waals surface area contributed by atoms with E-state index in [-0.39, 0.29) is 0 Å². The predicted molar refractivity (Wildman–Crippen MR) is 53.8 cm³/mol. The summed E-state index contributed by atoms with van der Waals surface area (Å²) in [4.78, 5) is 10.4. The van der Waals surface area contributed by atoms with Crippen molar-refractivity contribution in [2.75, 3.05) is 12.4 Å². The summed E-state index contributed by atoms with van der Waals surface area (Å²) in [5.41, 5.74) is 0. The highest BCUT2D eigenvalue weighted by molar-refractivity contribution is 7.99. The third-order valence-electron chi connectivity index (χ3n) is 2.15. The van der Waals surface area contributed by atoms with E-state index in [1.165, 1.54) is 0 Å². The number of hydrogen-bond acceptors (Lipinski definition) is 4. The Balaban J connectivity index is 1.81. The Bertz CT molecular complexity index is 302. The van der Waals surface area contributed by atoms with Crippen LogP contribution in [0.25, 0.3) is 0 Å². The van der Waals surface area contributed by atoms with Crippen molar-refractivity contribution in [2.45, 2.75) is 24.0 Å². The molecule has 14 heavy (non-hydrogen) atoms. The number of ether oxygens (including phenoxy) is 1. The van der Waals surface area contributed by atoms with Gasteiger partial charge < -0.3 is 9.15 Å². The SMILES string of the molecule is O=Cc1ccc(SCC2CCCO2)o1. The van der Waals surface area contributed by atoms with E-state index in [0.29, 0.717) is 11.9 Å². The van der Waals surface area contributed by atoms with Gasteiger partial charge in [-0.25, -0.2) is 0 Å². The summed E-state index contributed by atoms with van der Waals surface area (Å²) in [5, 5.41) is 0.794. The van der Waals surface area contributed by atoms with Crippen LogP contribution in [0.1, 0.15) is 23.4 Å². The molecule has 0 aromatic carbocycles. The molecule has 1 aliphatic rings. The zero-order valence-corrected chi connectivity index (χ0v) is 8.59. The summed E-state index contributed by atoms with van der Waals surface area (Å²) in [6, 6.07) is 3.51. The first-order valence-corrected chi connectivity index (χ1v) is 5.66. The lowest BCUT2D eigenvalue weighted by atomic mass is 10.3. The molecule has 0 spiro atoms. The molecule has 2 rings (SSSR count). The highest BCUT2D eigenvalue weighted by atomic mass is 32.2.